The number of rotatable bonds is 4. The molecular weight excluding hydrogens is 288 g/mol. The maximum Gasteiger partial charge on any atom is 0.339 e. The van der Waals surface area contributed by atoms with Crippen molar-refractivity contribution in [1.29, 1.82) is 5.26 Å². The van der Waals surface area contributed by atoms with E-state index in [9.17, 15) is 14.9 Å². The number of nitrogens with zero attached hydrogens (tertiary/aromatic N) is 2. The van der Waals surface area contributed by atoms with Gasteiger partial charge in [-0.05, 0) is 24.3 Å². The summed E-state index contributed by atoms with van der Waals surface area (Å²) in [5.74, 6) is -0.838. The standard InChI is InChI=1S/C15H18N2O3S/c1-17(15(11-16)6-3-2-4-7-15)13(18)9-20-14(19)12-5-8-21-10-12/h5,8,10H,2-4,6-7,9H2,1H3. The number of esters is 1. The molecule has 1 aromatic heterocycles. The molecule has 0 unspecified atom stereocenters. The number of carbonyl (C=O) groups is 2. The van der Waals surface area contributed by atoms with Gasteiger partial charge in [-0.3, -0.25) is 4.79 Å². The van der Waals surface area contributed by atoms with Gasteiger partial charge in [0.25, 0.3) is 5.91 Å². The number of hydrogen-bond acceptors (Lipinski definition) is 5. The molecular formula is C15H18N2O3S. The summed E-state index contributed by atoms with van der Waals surface area (Å²) in [6.45, 7) is -0.325. The van der Waals surface area contributed by atoms with Gasteiger partial charge in [0.15, 0.2) is 6.61 Å². The summed E-state index contributed by atoms with van der Waals surface area (Å²) in [5.41, 5.74) is -0.299. The van der Waals surface area contributed by atoms with Crippen molar-refractivity contribution >= 4 is 23.2 Å². The van der Waals surface area contributed by atoms with E-state index >= 15 is 0 Å². The van der Waals surface area contributed by atoms with Crippen LogP contribution in [0.25, 0.3) is 0 Å². The smallest absolute Gasteiger partial charge is 0.339 e. The zero-order valence-electron chi connectivity index (χ0n) is 12.0. The summed E-state index contributed by atoms with van der Waals surface area (Å²) in [4.78, 5) is 25.3. The Bertz CT molecular complexity index is 542. The fourth-order valence-corrected chi connectivity index (χ4v) is 3.21. The molecule has 1 saturated carbocycles. The lowest BCUT2D eigenvalue weighted by Gasteiger charge is -2.38. The Kier molecular flexibility index (Phi) is 4.97. The van der Waals surface area contributed by atoms with Gasteiger partial charge in [0.05, 0.1) is 11.6 Å². The largest absolute Gasteiger partial charge is 0.452 e. The van der Waals surface area contributed by atoms with Crippen LogP contribution in [0.3, 0.4) is 0 Å². The molecule has 0 aliphatic heterocycles. The molecule has 1 heterocycles. The number of likely N-dealkylation sites (N-methyl/N-ethyl adjacent to an activating group) is 1. The predicted octanol–water partition coefficient (Wildman–Crippen LogP) is 2.59. The lowest BCUT2D eigenvalue weighted by atomic mass is 9.81. The fourth-order valence-electron chi connectivity index (χ4n) is 2.59. The zero-order valence-corrected chi connectivity index (χ0v) is 12.8. The minimum atomic E-state index is -0.746. The van der Waals surface area contributed by atoms with E-state index in [1.807, 2.05) is 0 Å². The maximum atomic E-state index is 12.2. The van der Waals surface area contributed by atoms with E-state index in [1.165, 1.54) is 16.2 Å². The highest BCUT2D eigenvalue weighted by Gasteiger charge is 2.38. The van der Waals surface area contributed by atoms with Crippen LogP contribution in [0, 0.1) is 11.3 Å². The Morgan fingerprint density at radius 3 is 2.71 bits per heavy atom. The summed E-state index contributed by atoms with van der Waals surface area (Å²) < 4.78 is 5.02. The first-order valence-corrected chi connectivity index (χ1v) is 7.90. The van der Waals surface area contributed by atoms with E-state index < -0.39 is 11.5 Å². The van der Waals surface area contributed by atoms with Gasteiger partial charge >= 0.3 is 5.97 Å². The van der Waals surface area contributed by atoms with Crippen LogP contribution in [0.15, 0.2) is 16.8 Å². The van der Waals surface area contributed by atoms with Gasteiger partial charge in [-0.1, -0.05) is 19.3 Å². The summed E-state index contributed by atoms with van der Waals surface area (Å²) in [7, 11) is 1.62. The fraction of sp³-hybridized carbons (Fsp3) is 0.533. The second-order valence-corrected chi connectivity index (χ2v) is 6.02. The van der Waals surface area contributed by atoms with Gasteiger partial charge in [-0.25, -0.2) is 4.79 Å². The third-order valence-corrected chi connectivity index (χ3v) is 4.67. The highest BCUT2D eigenvalue weighted by Crippen LogP contribution is 2.32. The van der Waals surface area contributed by atoms with Crippen molar-refractivity contribution in [3.05, 3.63) is 22.4 Å². The Morgan fingerprint density at radius 2 is 2.14 bits per heavy atom. The van der Waals surface area contributed by atoms with E-state index in [0.29, 0.717) is 18.4 Å². The van der Waals surface area contributed by atoms with Crippen LogP contribution in [0.2, 0.25) is 0 Å². The van der Waals surface area contributed by atoms with E-state index in [1.54, 1.807) is 23.9 Å². The summed E-state index contributed by atoms with van der Waals surface area (Å²) in [6.07, 6.45) is 4.35. The summed E-state index contributed by atoms with van der Waals surface area (Å²) >= 11 is 1.39. The first-order chi connectivity index (χ1) is 10.1. The van der Waals surface area contributed by atoms with E-state index in [4.69, 9.17) is 4.74 Å². The molecule has 0 atom stereocenters. The quantitative estimate of drug-likeness (QED) is 0.802. The third kappa shape index (κ3) is 3.42. The summed E-state index contributed by atoms with van der Waals surface area (Å²) in [5, 5.41) is 12.9. The lowest BCUT2D eigenvalue weighted by molar-refractivity contribution is -0.138. The second kappa shape index (κ2) is 6.72. The highest BCUT2D eigenvalue weighted by molar-refractivity contribution is 7.08. The maximum absolute atomic E-state index is 12.2. The Labute approximate surface area is 128 Å². The van der Waals surface area contributed by atoms with Gasteiger partial charge in [-0.15, -0.1) is 0 Å². The van der Waals surface area contributed by atoms with Crippen LogP contribution in [0.5, 0.6) is 0 Å². The molecule has 21 heavy (non-hydrogen) atoms. The monoisotopic (exact) mass is 306 g/mol. The molecule has 1 aromatic rings. The normalized spacial score (nSPS) is 16.8. The molecule has 1 aliphatic rings. The number of nitriles is 1. The van der Waals surface area contributed by atoms with Crippen molar-refractivity contribution in [3.63, 3.8) is 0 Å². The van der Waals surface area contributed by atoms with Crippen LogP contribution < -0.4 is 0 Å². The molecule has 0 radical (unpaired) electrons. The number of ether oxygens (including phenoxy) is 1. The number of carbonyl (C=O) groups excluding carboxylic acids is 2. The number of hydrogen-bond donors (Lipinski definition) is 0. The van der Waals surface area contributed by atoms with Crippen molar-refractivity contribution in [2.45, 2.75) is 37.6 Å². The lowest BCUT2D eigenvalue weighted by Crippen LogP contribution is -2.51. The molecule has 0 saturated heterocycles. The third-order valence-electron chi connectivity index (χ3n) is 3.99. The zero-order chi connectivity index (χ0) is 15.3. The van der Waals surface area contributed by atoms with Gasteiger partial charge in [-0.2, -0.15) is 16.6 Å². The van der Waals surface area contributed by atoms with E-state index in [-0.39, 0.29) is 12.5 Å². The van der Waals surface area contributed by atoms with Crippen molar-refractivity contribution in [2.24, 2.45) is 0 Å². The molecule has 0 aromatic carbocycles. The molecule has 1 aliphatic carbocycles. The first-order valence-electron chi connectivity index (χ1n) is 6.96. The first kappa shape index (κ1) is 15.5. The molecule has 112 valence electrons. The molecule has 0 bridgehead atoms. The Morgan fingerprint density at radius 1 is 1.43 bits per heavy atom. The van der Waals surface area contributed by atoms with Gasteiger partial charge in [0.2, 0.25) is 0 Å². The average Bonchev–Trinajstić information content (AvgIpc) is 3.06. The van der Waals surface area contributed by atoms with Crippen LogP contribution in [-0.2, 0) is 9.53 Å². The molecule has 2 rings (SSSR count). The topological polar surface area (TPSA) is 70.4 Å². The minimum absolute atomic E-state index is 0.325. The van der Waals surface area contributed by atoms with Gasteiger partial charge < -0.3 is 9.64 Å². The van der Waals surface area contributed by atoms with Crippen molar-refractivity contribution in [3.8, 4) is 6.07 Å². The predicted molar refractivity (Wildman–Crippen MR) is 78.8 cm³/mol. The molecule has 1 amide bonds. The van der Waals surface area contributed by atoms with Crippen molar-refractivity contribution in [2.75, 3.05) is 13.7 Å². The Balaban J connectivity index is 1.93. The Hall–Kier alpha value is -1.87. The highest BCUT2D eigenvalue weighted by atomic mass is 32.1. The molecule has 0 spiro atoms. The van der Waals surface area contributed by atoms with Gasteiger partial charge in [0, 0.05) is 12.4 Å². The van der Waals surface area contributed by atoms with Crippen LogP contribution in [0.1, 0.15) is 42.5 Å². The molecule has 0 N–H and O–H groups in total. The SMILES string of the molecule is CN(C(=O)COC(=O)c1ccsc1)C1(C#N)CCCCC1. The van der Waals surface area contributed by atoms with Crippen LogP contribution in [0.4, 0.5) is 0 Å². The number of amides is 1. The minimum Gasteiger partial charge on any atom is -0.452 e. The van der Waals surface area contributed by atoms with Crippen LogP contribution in [-0.4, -0.2) is 36.0 Å². The van der Waals surface area contributed by atoms with Crippen molar-refractivity contribution < 1.29 is 14.3 Å². The summed E-state index contributed by atoms with van der Waals surface area (Å²) in [6, 6.07) is 3.93. The van der Waals surface area contributed by atoms with E-state index in [2.05, 4.69) is 6.07 Å². The van der Waals surface area contributed by atoms with Crippen LogP contribution >= 0.6 is 11.3 Å². The van der Waals surface area contributed by atoms with Crippen molar-refractivity contribution in [1.82, 2.24) is 4.90 Å². The van der Waals surface area contributed by atoms with Gasteiger partial charge in [0.1, 0.15) is 5.54 Å². The number of thiophene rings is 1. The molecule has 6 heteroatoms. The van der Waals surface area contributed by atoms with E-state index in [0.717, 1.165) is 19.3 Å². The molecule has 5 nitrogen and oxygen atoms in total. The average molecular weight is 306 g/mol. The second-order valence-electron chi connectivity index (χ2n) is 5.24. The molecule has 1 fully saturated rings.